The molecule has 2 unspecified atom stereocenters. The summed E-state index contributed by atoms with van der Waals surface area (Å²) in [4.78, 5) is 0. The van der Waals surface area contributed by atoms with E-state index in [9.17, 15) is 5.11 Å². The summed E-state index contributed by atoms with van der Waals surface area (Å²) in [5, 5.41) is 9.64. The normalized spacial score (nSPS) is 17.1. The fourth-order valence-corrected chi connectivity index (χ4v) is 0.788. The Kier molecular flexibility index (Phi) is 5.53. The van der Waals surface area contributed by atoms with Gasteiger partial charge in [-0.1, -0.05) is 20.8 Å². The maximum Gasteiger partial charge on any atom is 0.0821 e. The Hall–Kier alpha value is -0.120. The lowest BCUT2D eigenvalue weighted by Gasteiger charge is -2.26. The van der Waals surface area contributed by atoms with Gasteiger partial charge < -0.3 is 14.6 Å². The Morgan fingerprint density at radius 2 is 1.77 bits per heavy atom. The quantitative estimate of drug-likeness (QED) is 0.713. The summed E-state index contributed by atoms with van der Waals surface area (Å²) < 4.78 is 10.3. The van der Waals surface area contributed by atoms with Gasteiger partial charge in [0.05, 0.1) is 25.4 Å². The molecule has 0 saturated heterocycles. The van der Waals surface area contributed by atoms with Crippen LogP contribution in [0.4, 0.5) is 0 Å². The molecule has 1 N–H and O–H groups in total. The van der Waals surface area contributed by atoms with Crippen molar-refractivity contribution in [1.29, 1.82) is 0 Å². The van der Waals surface area contributed by atoms with Gasteiger partial charge in [0.15, 0.2) is 0 Å². The number of aliphatic hydroxyl groups excluding tert-OH is 1. The standard InChI is InChI=1S/C10H22O3/c1-8(6-12-5)13-7-9(11)10(2,3)4/h8-9,11H,6-7H2,1-5H3. The third kappa shape index (κ3) is 6.02. The summed E-state index contributed by atoms with van der Waals surface area (Å²) in [7, 11) is 1.64. The first-order valence-electron chi connectivity index (χ1n) is 4.66. The van der Waals surface area contributed by atoms with Crippen LogP contribution in [0.3, 0.4) is 0 Å². The topological polar surface area (TPSA) is 38.7 Å². The van der Waals surface area contributed by atoms with Crippen LogP contribution in [-0.4, -0.2) is 37.6 Å². The molecule has 0 aromatic rings. The molecule has 0 heterocycles. The molecule has 0 bridgehead atoms. The van der Waals surface area contributed by atoms with E-state index in [1.807, 2.05) is 27.7 Å². The van der Waals surface area contributed by atoms with E-state index in [4.69, 9.17) is 9.47 Å². The maximum atomic E-state index is 9.64. The third-order valence-corrected chi connectivity index (χ3v) is 1.94. The van der Waals surface area contributed by atoms with Gasteiger partial charge >= 0.3 is 0 Å². The van der Waals surface area contributed by atoms with E-state index in [0.29, 0.717) is 13.2 Å². The minimum Gasteiger partial charge on any atom is -0.390 e. The molecule has 0 fully saturated rings. The molecule has 2 atom stereocenters. The molecule has 0 aliphatic carbocycles. The Bertz CT molecular complexity index is 129. The van der Waals surface area contributed by atoms with Crippen LogP contribution in [0.25, 0.3) is 0 Å². The molecule has 0 rings (SSSR count). The first-order chi connectivity index (χ1) is 5.88. The van der Waals surface area contributed by atoms with E-state index >= 15 is 0 Å². The number of ether oxygens (including phenoxy) is 2. The molecule has 0 aromatic carbocycles. The highest BCUT2D eigenvalue weighted by Crippen LogP contribution is 2.19. The molecule has 3 heteroatoms. The number of aliphatic hydroxyl groups is 1. The first kappa shape index (κ1) is 12.9. The summed E-state index contributed by atoms with van der Waals surface area (Å²) >= 11 is 0. The fourth-order valence-electron chi connectivity index (χ4n) is 0.788. The summed E-state index contributed by atoms with van der Waals surface area (Å²) in [6.07, 6.45) is -0.381. The average Bonchev–Trinajstić information content (AvgIpc) is 1.99. The summed E-state index contributed by atoms with van der Waals surface area (Å²) in [5.41, 5.74) is -0.118. The second kappa shape index (κ2) is 5.58. The van der Waals surface area contributed by atoms with E-state index in [1.54, 1.807) is 7.11 Å². The van der Waals surface area contributed by atoms with E-state index in [2.05, 4.69) is 0 Å². The molecule has 3 nitrogen and oxygen atoms in total. The van der Waals surface area contributed by atoms with Crippen LogP contribution < -0.4 is 0 Å². The van der Waals surface area contributed by atoms with E-state index in [1.165, 1.54) is 0 Å². The molecule has 13 heavy (non-hydrogen) atoms. The zero-order chi connectivity index (χ0) is 10.5. The lowest BCUT2D eigenvalue weighted by Crippen LogP contribution is -2.32. The van der Waals surface area contributed by atoms with Crippen LogP contribution >= 0.6 is 0 Å². The van der Waals surface area contributed by atoms with Crippen LogP contribution in [0, 0.1) is 5.41 Å². The van der Waals surface area contributed by atoms with E-state index < -0.39 is 6.10 Å². The van der Waals surface area contributed by atoms with Crippen molar-refractivity contribution in [1.82, 2.24) is 0 Å². The van der Waals surface area contributed by atoms with Crippen molar-refractivity contribution in [3.63, 3.8) is 0 Å². The largest absolute Gasteiger partial charge is 0.390 e. The number of methoxy groups -OCH3 is 1. The lowest BCUT2D eigenvalue weighted by atomic mass is 9.90. The van der Waals surface area contributed by atoms with Gasteiger partial charge in [0, 0.05) is 7.11 Å². The third-order valence-electron chi connectivity index (χ3n) is 1.94. The van der Waals surface area contributed by atoms with E-state index in [0.717, 1.165) is 0 Å². The van der Waals surface area contributed by atoms with Crippen LogP contribution in [-0.2, 0) is 9.47 Å². The zero-order valence-electron chi connectivity index (χ0n) is 9.33. The fraction of sp³-hybridized carbons (Fsp3) is 1.00. The summed E-state index contributed by atoms with van der Waals surface area (Å²) in [5.74, 6) is 0. The monoisotopic (exact) mass is 190 g/mol. The zero-order valence-corrected chi connectivity index (χ0v) is 9.33. The molecular weight excluding hydrogens is 168 g/mol. The first-order valence-corrected chi connectivity index (χ1v) is 4.66. The highest BCUT2D eigenvalue weighted by Gasteiger charge is 2.22. The second-order valence-corrected chi connectivity index (χ2v) is 4.48. The maximum absolute atomic E-state index is 9.64. The SMILES string of the molecule is COCC(C)OCC(O)C(C)(C)C. The number of hydrogen-bond donors (Lipinski definition) is 1. The Labute approximate surface area is 81.0 Å². The van der Waals surface area contributed by atoms with Gasteiger partial charge in [-0.25, -0.2) is 0 Å². The predicted octanol–water partition coefficient (Wildman–Crippen LogP) is 1.44. The Morgan fingerprint density at radius 1 is 1.23 bits per heavy atom. The van der Waals surface area contributed by atoms with Crippen molar-refractivity contribution in [3.05, 3.63) is 0 Å². The number of hydrogen-bond acceptors (Lipinski definition) is 3. The highest BCUT2D eigenvalue weighted by atomic mass is 16.5. The molecule has 0 radical (unpaired) electrons. The lowest BCUT2D eigenvalue weighted by molar-refractivity contribution is -0.0625. The molecule has 0 amide bonds. The van der Waals surface area contributed by atoms with Gasteiger partial charge in [0.25, 0.3) is 0 Å². The van der Waals surface area contributed by atoms with E-state index in [-0.39, 0.29) is 11.5 Å². The van der Waals surface area contributed by atoms with Crippen molar-refractivity contribution in [2.24, 2.45) is 5.41 Å². The molecule has 0 aliphatic heterocycles. The van der Waals surface area contributed by atoms with Gasteiger partial charge in [0.1, 0.15) is 0 Å². The van der Waals surface area contributed by atoms with Crippen molar-refractivity contribution >= 4 is 0 Å². The molecule has 0 aromatic heterocycles. The molecule has 80 valence electrons. The Morgan fingerprint density at radius 3 is 2.15 bits per heavy atom. The van der Waals surface area contributed by atoms with Crippen molar-refractivity contribution in [2.75, 3.05) is 20.3 Å². The van der Waals surface area contributed by atoms with Crippen molar-refractivity contribution in [3.8, 4) is 0 Å². The minimum absolute atomic E-state index is 0.0435. The Balaban J connectivity index is 3.63. The highest BCUT2D eigenvalue weighted by molar-refractivity contribution is 4.72. The van der Waals surface area contributed by atoms with Gasteiger partial charge in [-0.3, -0.25) is 0 Å². The average molecular weight is 190 g/mol. The van der Waals surface area contributed by atoms with Crippen LogP contribution in [0.2, 0.25) is 0 Å². The minimum atomic E-state index is -0.424. The predicted molar refractivity (Wildman–Crippen MR) is 52.8 cm³/mol. The second-order valence-electron chi connectivity index (χ2n) is 4.48. The van der Waals surface area contributed by atoms with Gasteiger partial charge in [0.2, 0.25) is 0 Å². The smallest absolute Gasteiger partial charge is 0.0821 e. The molecule has 0 aliphatic rings. The summed E-state index contributed by atoms with van der Waals surface area (Å²) in [6, 6.07) is 0. The number of rotatable bonds is 5. The van der Waals surface area contributed by atoms with Crippen LogP contribution in [0.5, 0.6) is 0 Å². The van der Waals surface area contributed by atoms with Crippen molar-refractivity contribution in [2.45, 2.75) is 39.9 Å². The molecule has 0 spiro atoms. The van der Waals surface area contributed by atoms with Crippen molar-refractivity contribution < 1.29 is 14.6 Å². The van der Waals surface area contributed by atoms with Gasteiger partial charge in [-0.2, -0.15) is 0 Å². The van der Waals surface area contributed by atoms with Gasteiger partial charge in [-0.05, 0) is 12.3 Å². The summed E-state index contributed by atoms with van der Waals surface area (Å²) in [6.45, 7) is 8.83. The van der Waals surface area contributed by atoms with Crippen LogP contribution in [0.1, 0.15) is 27.7 Å². The van der Waals surface area contributed by atoms with Crippen LogP contribution in [0.15, 0.2) is 0 Å². The molecular formula is C10H22O3. The molecule has 0 saturated carbocycles. The van der Waals surface area contributed by atoms with Gasteiger partial charge in [-0.15, -0.1) is 0 Å².